The van der Waals surface area contributed by atoms with Crippen LogP contribution in [-0.4, -0.2) is 37.5 Å². The van der Waals surface area contributed by atoms with E-state index in [-0.39, 0.29) is 23.3 Å². The molecule has 1 aliphatic heterocycles. The molecule has 18 heavy (non-hydrogen) atoms. The Hall–Kier alpha value is -0.620. The summed E-state index contributed by atoms with van der Waals surface area (Å²) in [4.78, 5) is 0.248. The average molecular weight is 290 g/mol. The van der Waals surface area contributed by atoms with Crippen LogP contribution in [0, 0.1) is 11.8 Å². The Bertz CT molecular complexity index is 515. The van der Waals surface area contributed by atoms with E-state index in [9.17, 15) is 13.5 Å². The van der Waals surface area contributed by atoms with Gasteiger partial charge in [0.25, 0.3) is 0 Å². The number of benzene rings is 1. The van der Waals surface area contributed by atoms with E-state index in [4.69, 9.17) is 11.6 Å². The standard InChI is InChI=1S/C12H16ClNO3S/c1-9-6-14(7-10(9)8-15)18(16,17)12-4-2-11(13)3-5-12/h2-5,9-10,15H,6-8H2,1H3/t9-,10+/m1/s1. The fourth-order valence-electron chi connectivity index (χ4n) is 2.18. The van der Waals surface area contributed by atoms with Crippen molar-refractivity contribution in [3.05, 3.63) is 29.3 Å². The molecule has 1 aromatic rings. The summed E-state index contributed by atoms with van der Waals surface area (Å²) in [5.74, 6) is 0.198. The summed E-state index contributed by atoms with van der Waals surface area (Å²) in [6.45, 7) is 2.81. The minimum atomic E-state index is -3.47. The van der Waals surface area contributed by atoms with Gasteiger partial charge in [0.15, 0.2) is 0 Å². The van der Waals surface area contributed by atoms with Crippen LogP contribution in [-0.2, 0) is 10.0 Å². The molecule has 2 atom stereocenters. The van der Waals surface area contributed by atoms with E-state index in [1.54, 1.807) is 12.1 Å². The third-order valence-electron chi connectivity index (χ3n) is 3.42. The normalized spacial score (nSPS) is 25.5. The van der Waals surface area contributed by atoms with Crippen molar-refractivity contribution < 1.29 is 13.5 Å². The van der Waals surface area contributed by atoms with Crippen molar-refractivity contribution in [2.45, 2.75) is 11.8 Å². The van der Waals surface area contributed by atoms with Gasteiger partial charge in [0.1, 0.15) is 0 Å². The van der Waals surface area contributed by atoms with Gasteiger partial charge in [-0.15, -0.1) is 0 Å². The number of rotatable bonds is 3. The molecular formula is C12H16ClNO3S. The molecule has 0 aromatic heterocycles. The lowest BCUT2D eigenvalue weighted by atomic mass is 10.00. The Balaban J connectivity index is 2.25. The molecule has 0 bridgehead atoms. The molecule has 0 amide bonds. The molecule has 1 saturated heterocycles. The van der Waals surface area contributed by atoms with Crippen LogP contribution in [0.1, 0.15) is 6.92 Å². The zero-order chi connectivity index (χ0) is 13.3. The number of hydrogen-bond acceptors (Lipinski definition) is 3. The molecule has 4 nitrogen and oxygen atoms in total. The molecule has 0 aliphatic carbocycles. The first-order valence-electron chi connectivity index (χ1n) is 5.81. The number of nitrogens with zero attached hydrogens (tertiary/aromatic N) is 1. The fraction of sp³-hybridized carbons (Fsp3) is 0.500. The number of sulfonamides is 1. The van der Waals surface area contributed by atoms with Crippen LogP contribution in [0.2, 0.25) is 5.02 Å². The van der Waals surface area contributed by atoms with Crippen molar-refractivity contribution in [3.8, 4) is 0 Å². The Morgan fingerprint density at radius 3 is 2.44 bits per heavy atom. The highest BCUT2D eigenvalue weighted by Gasteiger charge is 2.36. The van der Waals surface area contributed by atoms with Gasteiger partial charge < -0.3 is 5.11 Å². The molecule has 0 saturated carbocycles. The summed E-state index contributed by atoms with van der Waals surface area (Å²) in [5.41, 5.74) is 0. The second kappa shape index (κ2) is 5.17. The van der Waals surface area contributed by atoms with E-state index in [0.29, 0.717) is 18.1 Å². The van der Waals surface area contributed by atoms with Gasteiger partial charge in [-0.25, -0.2) is 8.42 Å². The third kappa shape index (κ3) is 2.54. The number of halogens is 1. The van der Waals surface area contributed by atoms with E-state index in [1.165, 1.54) is 16.4 Å². The van der Waals surface area contributed by atoms with Gasteiger partial charge in [0, 0.05) is 24.7 Å². The Labute approximate surface area is 112 Å². The van der Waals surface area contributed by atoms with Crippen LogP contribution in [0.3, 0.4) is 0 Å². The minimum Gasteiger partial charge on any atom is -0.396 e. The van der Waals surface area contributed by atoms with E-state index in [0.717, 1.165) is 0 Å². The number of hydrogen-bond donors (Lipinski definition) is 1. The summed E-state index contributed by atoms with van der Waals surface area (Å²) >= 11 is 5.75. The van der Waals surface area contributed by atoms with Crippen molar-refractivity contribution >= 4 is 21.6 Å². The number of aliphatic hydroxyl groups excluding tert-OH is 1. The Morgan fingerprint density at radius 1 is 1.33 bits per heavy atom. The molecule has 1 heterocycles. The van der Waals surface area contributed by atoms with Gasteiger partial charge >= 0.3 is 0 Å². The van der Waals surface area contributed by atoms with Gasteiger partial charge in [0.2, 0.25) is 10.0 Å². The molecule has 2 rings (SSSR count). The molecule has 100 valence electrons. The molecule has 6 heteroatoms. The topological polar surface area (TPSA) is 57.6 Å². The highest BCUT2D eigenvalue weighted by Crippen LogP contribution is 2.28. The molecule has 0 radical (unpaired) electrons. The number of aliphatic hydroxyl groups is 1. The maximum Gasteiger partial charge on any atom is 0.243 e. The Morgan fingerprint density at radius 2 is 1.94 bits per heavy atom. The quantitative estimate of drug-likeness (QED) is 0.919. The van der Waals surface area contributed by atoms with Gasteiger partial charge in [-0.3, -0.25) is 0 Å². The summed E-state index contributed by atoms with van der Waals surface area (Å²) in [7, 11) is -3.47. The lowest BCUT2D eigenvalue weighted by Crippen LogP contribution is -2.29. The maximum absolute atomic E-state index is 12.4. The first-order chi connectivity index (χ1) is 8.45. The van der Waals surface area contributed by atoms with Crippen molar-refractivity contribution in [3.63, 3.8) is 0 Å². The zero-order valence-corrected chi connectivity index (χ0v) is 11.7. The summed E-state index contributed by atoms with van der Waals surface area (Å²) in [5, 5.41) is 9.70. The van der Waals surface area contributed by atoms with Crippen molar-refractivity contribution in [1.82, 2.24) is 4.31 Å². The second-order valence-corrected chi connectivity index (χ2v) is 7.07. The summed E-state index contributed by atoms with van der Waals surface area (Å²) in [6, 6.07) is 6.15. The maximum atomic E-state index is 12.4. The van der Waals surface area contributed by atoms with Crippen molar-refractivity contribution in [2.24, 2.45) is 11.8 Å². The van der Waals surface area contributed by atoms with Crippen LogP contribution >= 0.6 is 11.6 Å². The highest BCUT2D eigenvalue weighted by atomic mass is 35.5. The second-order valence-electron chi connectivity index (χ2n) is 4.70. The monoisotopic (exact) mass is 289 g/mol. The SMILES string of the molecule is C[C@@H]1CN(S(=O)(=O)c2ccc(Cl)cc2)C[C@H]1CO. The first-order valence-corrected chi connectivity index (χ1v) is 7.63. The van der Waals surface area contributed by atoms with Crippen LogP contribution in [0.4, 0.5) is 0 Å². The van der Waals surface area contributed by atoms with E-state index in [1.807, 2.05) is 6.92 Å². The smallest absolute Gasteiger partial charge is 0.243 e. The van der Waals surface area contributed by atoms with Crippen molar-refractivity contribution in [1.29, 1.82) is 0 Å². The third-order valence-corrected chi connectivity index (χ3v) is 5.52. The Kier molecular flexibility index (Phi) is 3.96. The predicted octanol–water partition coefficient (Wildman–Crippen LogP) is 1.59. The average Bonchev–Trinajstić information content (AvgIpc) is 2.72. The largest absolute Gasteiger partial charge is 0.396 e. The lowest BCUT2D eigenvalue weighted by molar-refractivity contribution is 0.210. The lowest BCUT2D eigenvalue weighted by Gasteiger charge is -2.16. The van der Waals surface area contributed by atoms with E-state index < -0.39 is 10.0 Å². The molecular weight excluding hydrogens is 274 g/mol. The van der Waals surface area contributed by atoms with Gasteiger partial charge in [-0.1, -0.05) is 18.5 Å². The van der Waals surface area contributed by atoms with Crippen molar-refractivity contribution in [2.75, 3.05) is 19.7 Å². The van der Waals surface area contributed by atoms with E-state index >= 15 is 0 Å². The minimum absolute atomic E-state index is 0.0204. The molecule has 0 spiro atoms. The van der Waals surface area contributed by atoms with Crippen LogP contribution in [0.5, 0.6) is 0 Å². The van der Waals surface area contributed by atoms with Crippen LogP contribution in [0.25, 0.3) is 0 Å². The first kappa shape index (κ1) is 13.8. The molecule has 1 N–H and O–H groups in total. The molecule has 1 fully saturated rings. The summed E-state index contributed by atoms with van der Waals surface area (Å²) < 4.78 is 26.1. The molecule has 1 aromatic carbocycles. The van der Waals surface area contributed by atoms with Gasteiger partial charge in [-0.2, -0.15) is 4.31 Å². The zero-order valence-electron chi connectivity index (χ0n) is 10.1. The molecule has 0 unspecified atom stereocenters. The van der Waals surface area contributed by atoms with E-state index in [2.05, 4.69) is 0 Å². The highest BCUT2D eigenvalue weighted by molar-refractivity contribution is 7.89. The van der Waals surface area contributed by atoms with Crippen LogP contribution in [0.15, 0.2) is 29.2 Å². The van der Waals surface area contributed by atoms with Gasteiger partial charge in [0.05, 0.1) is 4.90 Å². The fourth-order valence-corrected chi connectivity index (χ4v) is 3.90. The molecule has 1 aliphatic rings. The summed E-state index contributed by atoms with van der Waals surface area (Å²) in [6.07, 6.45) is 0. The predicted molar refractivity (Wildman–Crippen MR) is 70.0 cm³/mol. The van der Waals surface area contributed by atoms with Gasteiger partial charge in [-0.05, 0) is 36.1 Å². The van der Waals surface area contributed by atoms with Crippen LogP contribution < -0.4 is 0 Å².